The number of hydrogen-bond donors (Lipinski definition) is 0. The molecule has 0 aliphatic heterocycles. The first-order valence-electron chi connectivity index (χ1n) is 5.92. The first-order chi connectivity index (χ1) is 7.42. The van der Waals surface area contributed by atoms with Crippen molar-refractivity contribution in [3.8, 4) is 0 Å². The Hall–Kier alpha value is 0.260. The Morgan fingerprint density at radius 2 is 2.06 bits per heavy atom. The van der Waals surface area contributed by atoms with E-state index in [4.69, 9.17) is 0 Å². The van der Waals surface area contributed by atoms with Gasteiger partial charge in [0.05, 0.1) is 5.75 Å². The highest BCUT2D eigenvalue weighted by Gasteiger charge is 2.27. The molecule has 1 rings (SSSR count). The fourth-order valence-corrected chi connectivity index (χ4v) is 3.95. The zero-order chi connectivity index (χ0) is 12.2. The summed E-state index contributed by atoms with van der Waals surface area (Å²) in [5.41, 5.74) is 0. The van der Waals surface area contributed by atoms with Crippen LogP contribution in [0.4, 0.5) is 0 Å². The van der Waals surface area contributed by atoms with E-state index in [-0.39, 0.29) is 5.75 Å². The minimum atomic E-state index is -2.82. The molecule has 0 aromatic rings. The van der Waals surface area contributed by atoms with E-state index < -0.39 is 9.84 Å². The van der Waals surface area contributed by atoms with Crippen LogP contribution in [-0.4, -0.2) is 56.0 Å². The summed E-state index contributed by atoms with van der Waals surface area (Å²) in [6, 6.07) is 0.589. The average molecular weight is 265 g/mol. The maximum Gasteiger partial charge on any atom is 0.148 e. The zero-order valence-electron chi connectivity index (χ0n) is 10.5. The molecule has 0 bridgehead atoms. The summed E-state index contributed by atoms with van der Waals surface area (Å²) >= 11 is 2.04. The number of nitrogens with zero attached hydrogens (tertiary/aromatic N) is 1. The molecule has 0 unspecified atom stereocenters. The molecule has 0 amide bonds. The van der Waals surface area contributed by atoms with Crippen LogP contribution in [0.1, 0.15) is 26.2 Å². The van der Waals surface area contributed by atoms with Gasteiger partial charge in [-0.2, -0.15) is 11.8 Å². The van der Waals surface area contributed by atoms with Gasteiger partial charge in [0.1, 0.15) is 9.84 Å². The normalized spacial score (nSPS) is 26.5. The topological polar surface area (TPSA) is 37.4 Å². The predicted molar refractivity (Wildman–Crippen MR) is 71.9 cm³/mol. The summed E-state index contributed by atoms with van der Waals surface area (Å²) in [6.07, 6.45) is 5.04. The highest BCUT2D eigenvalue weighted by Crippen LogP contribution is 2.31. The molecular formula is C11H23NO2S2. The van der Waals surface area contributed by atoms with E-state index in [1.54, 1.807) is 0 Å². The lowest BCUT2D eigenvalue weighted by Crippen LogP contribution is -2.33. The lowest BCUT2D eigenvalue weighted by molar-refractivity contribution is 0.259. The van der Waals surface area contributed by atoms with Gasteiger partial charge in [0.15, 0.2) is 0 Å². The van der Waals surface area contributed by atoms with Crippen molar-refractivity contribution in [1.29, 1.82) is 0 Å². The summed E-state index contributed by atoms with van der Waals surface area (Å²) < 4.78 is 22.2. The third kappa shape index (κ3) is 5.06. The van der Waals surface area contributed by atoms with Crippen LogP contribution in [0.3, 0.4) is 0 Å². The smallest absolute Gasteiger partial charge is 0.148 e. The summed E-state index contributed by atoms with van der Waals surface area (Å²) in [7, 11) is -0.769. The van der Waals surface area contributed by atoms with Crippen molar-refractivity contribution in [2.75, 3.05) is 31.4 Å². The van der Waals surface area contributed by atoms with Gasteiger partial charge in [-0.15, -0.1) is 0 Å². The Morgan fingerprint density at radius 1 is 1.38 bits per heavy atom. The van der Waals surface area contributed by atoms with Crippen molar-refractivity contribution in [3.63, 3.8) is 0 Å². The SMILES string of the molecule is CCS[C@@H]1CC[C@@H](N(C)CCS(C)(=O)=O)C1. The minimum Gasteiger partial charge on any atom is -0.302 e. The Kier molecular flexibility index (Phi) is 5.61. The van der Waals surface area contributed by atoms with Gasteiger partial charge in [-0.3, -0.25) is 0 Å². The molecule has 0 aromatic carbocycles. The van der Waals surface area contributed by atoms with E-state index in [9.17, 15) is 8.42 Å². The van der Waals surface area contributed by atoms with E-state index >= 15 is 0 Å². The molecule has 5 heteroatoms. The van der Waals surface area contributed by atoms with Gasteiger partial charge in [-0.1, -0.05) is 6.92 Å². The van der Waals surface area contributed by atoms with Gasteiger partial charge in [-0.05, 0) is 32.1 Å². The second-order valence-corrected chi connectivity index (χ2v) is 8.49. The van der Waals surface area contributed by atoms with Crippen LogP contribution in [0.2, 0.25) is 0 Å². The second kappa shape index (κ2) is 6.26. The molecular weight excluding hydrogens is 242 g/mol. The van der Waals surface area contributed by atoms with E-state index in [0.717, 1.165) is 5.25 Å². The monoisotopic (exact) mass is 265 g/mol. The number of thioether (sulfide) groups is 1. The van der Waals surface area contributed by atoms with E-state index in [0.29, 0.717) is 12.6 Å². The number of hydrogen-bond acceptors (Lipinski definition) is 4. The molecule has 0 heterocycles. The summed E-state index contributed by atoms with van der Waals surface area (Å²) in [5.74, 6) is 1.47. The minimum absolute atomic E-state index is 0.283. The predicted octanol–water partition coefficient (Wildman–Crippen LogP) is 1.64. The maximum atomic E-state index is 11.1. The quantitative estimate of drug-likeness (QED) is 0.731. The van der Waals surface area contributed by atoms with Crippen LogP contribution in [0.5, 0.6) is 0 Å². The lowest BCUT2D eigenvalue weighted by Gasteiger charge is -2.23. The fraction of sp³-hybridized carbons (Fsp3) is 1.00. The third-order valence-electron chi connectivity index (χ3n) is 3.20. The van der Waals surface area contributed by atoms with Crippen molar-refractivity contribution in [1.82, 2.24) is 4.90 Å². The van der Waals surface area contributed by atoms with Crippen LogP contribution >= 0.6 is 11.8 Å². The second-order valence-electron chi connectivity index (χ2n) is 4.65. The molecule has 0 saturated heterocycles. The molecule has 96 valence electrons. The van der Waals surface area contributed by atoms with Gasteiger partial charge in [0.25, 0.3) is 0 Å². The van der Waals surface area contributed by atoms with Crippen LogP contribution in [0.25, 0.3) is 0 Å². The summed E-state index contributed by atoms with van der Waals surface area (Å²) in [4.78, 5) is 2.22. The van der Waals surface area contributed by atoms with Crippen molar-refractivity contribution in [3.05, 3.63) is 0 Å². The molecule has 3 nitrogen and oxygen atoms in total. The highest BCUT2D eigenvalue weighted by molar-refractivity contribution is 7.99. The van der Waals surface area contributed by atoms with Gasteiger partial charge in [-0.25, -0.2) is 8.42 Å². The van der Waals surface area contributed by atoms with Crippen LogP contribution in [0, 0.1) is 0 Å². The Balaban J connectivity index is 2.30. The Bertz CT molecular complexity index is 303. The van der Waals surface area contributed by atoms with E-state index in [1.165, 1.54) is 31.3 Å². The standard InChI is InChI=1S/C11H23NO2S2/c1-4-15-11-6-5-10(9-11)12(2)7-8-16(3,13)14/h10-11H,4-9H2,1-3H3/t10-,11-/m1/s1. The van der Waals surface area contributed by atoms with Gasteiger partial charge in [0, 0.05) is 24.1 Å². The number of sulfone groups is 1. The first-order valence-corrected chi connectivity index (χ1v) is 9.03. The average Bonchev–Trinajstić information content (AvgIpc) is 2.62. The molecule has 1 fully saturated rings. The van der Waals surface area contributed by atoms with Crippen molar-refractivity contribution in [2.24, 2.45) is 0 Å². The van der Waals surface area contributed by atoms with Crippen molar-refractivity contribution >= 4 is 21.6 Å². The molecule has 1 saturated carbocycles. The van der Waals surface area contributed by atoms with E-state index in [2.05, 4.69) is 18.9 Å². The van der Waals surface area contributed by atoms with Gasteiger partial charge in [0.2, 0.25) is 0 Å². The maximum absolute atomic E-state index is 11.1. The highest BCUT2D eigenvalue weighted by atomic mass is 32.2. The Morgan fingerprint density at radius 3 is 2.62 bits per heavy atom. The molecule has 1 aliphatic carbocycles. The molecule has 0 radical (unpaired) electrons. The molecule has 0 aromatic heterocycles. The van der Waals surface area contributed by atoms with E-state index in [1.807, 2.05) is 11.8 Å². The van der Waals surface area contributed by atoms with Crippen molar-refractivity contribution < 1.29 is 8.42 Å². The van der Waals surface area contributed by atoms with Crippen LogP contribution in [-0.2, 0) is 9.84 Å². The van der Waals surface area contributed by atoms with Crippen LogP contribution in [0.15, 0.2) is 0 Å². The largest absolute Gasteiger partial charge is 0.302 e. The number of rotatable bonds is 6. The molecule has 0 spiro atoms. The fourth-order valence-electron chi connectivity index (χ4n) is 2.20. The Labute approximate surface area is 104 Å². The first kappa shape index (κ1) is 14.3. The molecule has 2 atom stereocenters. The summed E-state index contributed by atoms with van der Waals surface area (Å²) in [5, 5.41) is 0.788. The van der Waals surface area contributed by atoms with Crippen LogP contribution < -0.4 is 0 Å². The van der Waals surface area contributed by atoms with Crippen molar-refractivity contribution in [2.45, 2.75) is 37.5 Å². The lowest BCUT2D eigenvalue weighted by atomic mass is 10.2. The summed E-state index contributed by atoms with van der Waals surface area (Å²) in [6.45, 7) is 2.87. The molecule has 1 aliphatic rings. The third-order valence-corrected chi connectivity index (χ3v) is 5.35. The van der Waals surface area contributed by atoms with Gasteiger partial charge < -0.3 is 4.90 Å². The molecule has 16 heavy (non-hydrogen) atoms. The molecule has 0 N–H and O–H groups in total. The zero-order valence-corrected chi connectivity index (χ0v) is 12.1. The van der Waals surface area contributed by atoms with Gasteiger partial charge >= 0.3 is 0 Å².